The van der Waals surface area contributed by atoms with Crippen LogP contribution in [0.5, 0.6) is 0 Å². The van der Waals surface area contributed by atoms with Crippen LogP contribution in [0.4, 0.5) is 0 Å². The molecule has 1 heterocycles. The molecule has 0 aromatic heterocycles. The first kappa shape index (κ1) is 15.7. The molecule has 1 N–H and O–H groups in total. The van der Waals surface area contributed by atoms with Crippen molar-refractivity contribution in [1.29, 1.82) is 0 Å². The van der Waals surface area contributed by atoms with E-state index in [2.05, 4.69) is 79.6 Å². The van der Waals surface area contributed by atoms with Crippen LogP contribution in [0.1, 0.15) is 49.4 Å². The first-order chi connectivity index (χ1) is 10.7. The van der Waals surface area contributed by atoms with Gasteiger partial charge in [-0.25, -0.2) is 0 Å². The smallest absolute Gasteiger partial charge is 0.0173 e. The van der Waals surface area contributed by atoms with Gasteiger partial charge in [0.15, 0.2) is 0 Å². The van der Waals surface area contributed by atoms with E-state index in [-0.39, 0.29) is 8.07 Å². The predicted molar refractivity (Wildman–Crippen MR) is 97.7 cm³/mol. The normalized spacial score (nSPS) is 25.3. The molecule has 1 aliphatic heterocycles. The Morgan fingerprint density at radius 3 is 2.05 bits per heavy atom. The quantitative estimate of drug-likeness (QED) is 0.714. The van der Waals surface area contributed by atoms with E-state index in [1.54, 1.807) is 0 Å². The molecule has 1 aliphatic rings. The van der Waals surface area contributed by atoms with Gasteiger partial charge in [0.25, 0.3) is 0 Å². The largest absolute Gasteiger partial charge is 0.293 e. The second-order valence-corrected chi connectivity index (χ2v) is 8.73. The molecule has 3 unspecified atom stereocenters. The first-order valence-corrected chi connectivity index (χ1v) is 9.96. The van der Waals surface area contributed by atoms with Gasteiger partial charge in [-0.15, -0.1) is 0 Å². The number of hydrogen-bond donors (Lipinski definition) is 1. The molecule has 116 valence electrons. The van der Waals surface area contributed by atoms with Gasteiger partial charge in [-0.1, -0.05) is 60.7 Å². The van der Waals surface area contributed by atoms with Gasteiger partial charge in [-0.3, -0.25) is 5.09 Å². The monoisotopic (exact) mass is 311 g/mol. The van der Waals surface area contributed by atoms with Crippen molar-refractivity contribution in [2.24, 2.45) is 0 Å². The van der Waals surface area contributed by atoms with Crippen molar-refractivity contribution < 1.29 is 0 Å². The van der Waals surface area contributed by atoms with Crippen LogP contribution in [0, 0.1) is 0 Å². The van der Waals surface area contributed by atoms with Crippen LogP contribution in [0.15, 0.2) is 60.7 Å². The molecule has 22 heavy (non-hydrogen) atoms. The van der Waals surface area contributed by atoms with Crippen molar-refractivity contribution in [3.63, 3.8) is 0 Å². The van der Waals surface area contributed by atoms with Gasteiger partial charge in [-0.05, 0) is 58.0 Å². The van der Waals surface area contributed by atoms with Gasteiger partial charge in [0, 0.05) is 11.7 Å². The van der Waals surface area contributed by atoms with E-state index in [1.165, 1.54) is 30.1 Å². The molecule has 3 atom stereocenters. The number of nitrogens with one attached hydrogen (secondary N) is 1. The topological polar surface area (TPSA) is 12.0 Å². The van der Waals surface area contributed by atoms with E-state index in [0.29, 0.717) is 11.7 Å². The summed E-state index contributed by atoms with van der Waals surface area (Å²) in [6.45, 7) is 4.55. The Kier molecular flexibility index (Phi) is 5.28. The standard InChI is InChI=1S/C20H26NP/c1-16(2)21-22-15-19(17-9-5-3-6-10-17)13-14-20(22)18-11-7-4-8-12-18/h3-12,16,19-21H,13-15H2,1-2H3. The van der Waals surface area contributed by atoms with E-state index >= 15 is 0 Å². The third-order valence-electron chi connectivity index (χ3n) is 4.46. The molecule has 0 aliphatic carbocycles. The predicted octanol–water partition coefficient (Wildman–Crippen LogP) is 5.70. The number of rotatable bonds is 4. The van der Waals surface area contributed by atoms with Crippen LogP contribution in [0.25, 0.3) is 0 Å². The molecule has 0 spiro atoms. The Morgan fingerprint density at radius 2 is 1.45 bits per heavy atom. The lowest BCUT2D eigenvalue weighted by Crippen LogP contribution is -2.26. The molecular weight excluding hydrogens is 285 g/mol. The number of benzene rings is 2. The van der Waals surface area contributed by atoms with Crippen molar-refractivity contribution in [3.8, 4) is 0 Å². The summed E-state index contributed by atoms with van der Waals surface area (Å²) in [7, 11) is -0.164. The van der Waals surface area contributed by atoms with Gasteiger partial charge >= 0.3 is 0 Å². The van der Waals surface area contributed by atoms with Gasteiger partial charge in [0.1, 0.15) is 0 Å². The van der Waals surface area contributed by atoms with Crippen molar-refractivity contribution >= 4 is 8.07 Å². The second-order valence-electron chi connectivity index (χ2n) is 6.55. The molecule has 0 bridgehead atoms. The van der Waals surface area contributed by atoms with Crippen molar-refractivity contribution in [2.75, 3.05) is 6.16 Å². The summed E-state index contributed by atoms with van der Waals surface area (Å²) in [5.74, 6) is 0.721. The second kappa shape index (κ2) is 7.40. The first-order valence-electron chi connectivity index (χ1n) is 8.36. The average molecular weight is 311 g/mol. The minimum Gasteiger partial charge on any atom is -0.293 e. The highest BCUT2D eigenvalue weighted by molar-refractivity contribution is 7.56. The minimum atomic E-state index is -0.164. The molecule has 3 rings (SSSR count). The summed E-state index contributed by atoms with van der Waals surface area (Å²) in [4.78, 5) is 0. The summed E-state index contributed by atoms with van der Waals surface area (Å²) >= 11 is 0. The van der Waals surface area contributed by atoms with Crippen LogP contribution in [0.2, 0.25) is 0 Å². The lowest BCUT2D eigenvalue weighted by molar-refractivity contribution is 0.584. The highest BCUT2D eigenvalue weighted by Crippen LogP contribution is 2.57. The van der Waals surface area contributed by atoms with Gasteiger partial charge in [0.05, 0.1) is 0 Å². The van der Waals surface area contributed by atoms with Crippen LogP contribution in [-0.2, 0) is 0 Å². The van der Waals surface area contributed by atoms with Gasteiger partial charge in [0.2, 0.25) is 0 Å². The van der Waals surface area contributed by atoms with E-state index < -0.39 is 0 Å². The van der Waals surface area contributed by atoms with Crippen molar-refractivity contribution in [2.45, 2.75) is 44.3 Å². The summed E-state index contributed by atoms with van der Waals surface area (Å²) in [6.07, 6.45) is 3.91. The molecule has 0 radical (unpaired) electrons. The van der Waals surface area contributed by atoms with E-state index in [4.69, 9.17) is 0 Å². The summed E-state index contributed by atoms with van der Waals surface area (Å²) < 4.78 is 0. The zero-order chi connectivity index (χ0) is 15.4. The minimum absolute atomic E-state index is 0.164. The Morgan fingerprint density at radius 1 is 0.864 bits per heavy atom. The van der Waals surface area contributed by atoms with Gasteiger partial charge < -0.3 is 0 Å². The molecule has 1 fully saturated rings. The van der Waals surface area contributed by atoms with Crippen molar-refractivity contribution in [3.05, 3.63) is 71.8 Å². The highest BCUT2D eigenvalue weighted by Gasteiger charge is 2.32. The van der Waals surface area contributed by atoms with E-state index in [9.17, 15) is 0 Å². The molecule has 2 aromatic rings. The SMILES string of the molecule is CC(C)NP1CC(c2ccccc2)CCC1c1ccccc1. The fourth-order valence-corrected chi connectivity index (χ4v) is 6.53. The molecule has 0 amide bonds. The Balaban J connectivity index is 1.79. The summed E-state index contributed by atoms with van der Waals surface area (Å²) in [5, 5.41) is 3.89. The lowest BCUT2D eigenvalue weighted by Gasteiger charge is -2.38. The zero-order valence-corrected chi connectivity index (χ0v) is 14.5. The lowest BCUT2D eigenvalue weighted by atomic mass is 9.93. The van der Waals surface area contributed by atoms with Crippen molar-refractivity contribution in [1.82, 2.24) is 5.09 Å². The highest BCUT2D eigenvalue weighted by atomic mass is 31.1. The fraction of sp³-hybridized carbons (Fsp3) is 0.400. The maximum absolute atomic E-state index is 3.89. The van der Waals surface area contributed by atoms with Crippen LogP contribution in [-0.4, -0.2) is 12.2 Å². The molecule has 2 heteroatoms. The molecule has 1 nitrogen and oxygen atoms in total. The maximum atomic E-state index is 3.89. The Hall–Kier alpha value is -1.17. The maximum Gasteiger partial charge on any atom is 0.0173 e. The zero-order valence-electron chi connectivity index (χ0n) is 13.6. The summed E-state index contributed by atoms with van der Waals surface area (Å²) in [6, 6.07) is 22.7. The Labute approximate surface area is 136 Å². The molecule has 1 saturated heterocycles. The molecule has 2 aromatic carbocycles. The molecular formula is C20H26NP. The van der Waals surface area contributed by atoms with E-state index in [1.807, 2.05) is 0 Å². The third-order valence-corrected chi connectivity index (χ3v) is 7.45. The number of hydrogen-bond acceptors (Lipinski definition) is 1. The fourth-order valence-electron chi connectivity index (χ4n) is 3.46. The van der Waals surface area contributed by atoms with Gasteiger partial charge in [-0.2, -0.15) is 0 Å². The van der Waals surface area contributed by atoms with Crippen LogP contribution < -0.4 is 5.09 Å². The summed E-state index contributed by atoms with van der Waals surface area (Å²) in [5.41, 5.74) is 3.75. The third kappa shape index (κ3) is 3.77. The average Bonchev–Trinajstić information content (AvgIpc) is 2.56. The molecule has 0 saturated carbocycles. The van der Waals surface area contributed by atoms with Crippen LogP contribution >= 0.6 is 8.07 Å². The van der Waals surface area contributed by atoms with Crippen LogP contribution in [0.3, 0.4) is 0 Å². The Bertz CT molecular complexity index is 567. The van der Waals surface area contributed by atoms with E-state index in [0.717, 1.165) is 5.92 Å².